The van der Waals surface area contributed by atoms with Crippen molar-refractivity contribution in [2.24, 2.45) is 4.99 Å². The van der Waals surface area contributed by atoms with Crippen molar-refractivity contribution in [1.29, 1.82) is 0 Å². The Labute approximate surface area is 180 Å². The molecule has 0 radical (unpaired) electrons. The van der Waals surface area contributed by atoms with Gasteiger partial charge in [0.2, 0.25) is 5.91 Å². The van der Waals surface area contributed by atoms with E-state index in [1.807, 2.05) is 0 Å². The summed E-state index contributed by atoms with van der Waals surface area (Å²) in [5.41, 5.74) is 2.52. The predicted octanol–water partition coefficient (Wildman–Crippen LogP) is 2.39. The van der Waals surface area contributed by atoms with Crippen molar-refractivity contribution in [2.45, 2.75) is 25.8 Å². The predicted molar refractivity (Wildman–Crippen MR) is 124 cm³/mol. The molecule has 0 aliphatic carbocycles. The normalized spacial score (nSPS) is 16.9. The van der Waals surface area contributed by atoms with Crippen LogP contribution in [0.1, 0.15) is 18.4 Å². The smallest absolute Gasteiger partial charge is 0.243 e. The zero-order valence-corrected chi connectivity index (χ0v) is 18.9. The van der Waals surface area contributed by atoms with Gasteiger partial charge in [-0.3, -0.25) is 4.79 Å². The molecule has 6 nitrogen and oxygen atoms in total. The summed E-state index contributed by atoms with van der Waals surface area (Å²) in [5.74, 6) is 0.644. The number of amides is 1. The third kappa shape index (κ3) is 7.78. The summed E-state index contributed by atoms with van der Waals surface area (Å²) < 4.78 is 0. The van der Waals surface area contributed by atoms with Crippen LogP contribution in [-0.2, 0) is 4.79 Å². The molecule has 0 saturated carbocycles. The number of piperidine rings is 1. The minimum Gasteiger partial charge on any atom is -0.369 e. The Morgan fingerprint density at radius 3 is 2.70 bits per heavy atom. The fourth-order valence-electron chi connectivity index (χ4n) is 2.89. The molecule has 1 aliphatic heterocycles. The molecule has 1 aliphatic rings. The third-order valence-corrected chi connectivity index (χ3v) is 4.45. The number of halogens is 1. The number of nitrogens with one attached hydrogen (secondary N) is 2. The van der Waals surface area contributed by atoms with Crippen LogP contribution in [0.3, 0.4) is 0 Å². The first kappa shape index (κ1) is 23.3. The second-order valence-corrected chi connectivity index (χ2v) is 6.89. The lowest BCUT2D eigenvalue weighted by molar-refractivity contribution is -0.127. The van der Waals surface area contributed by atoms with Crippen molar-refractivity contribution < 1.29 is 4.79 Å². The fraction of sp³-hybridized carbons (Fsp3) is 0.500. The van der Waals surface area contributed by atoms with Crippen molar-refractivity contribution in [2.75, 3.05) is 45.2 Å². The molecule has 1 aromatic rings. The molecule has 0 aromatic heterocycles. The Hall–Kier alpha value is -1.77. The Kier molecular flexibility index (Phi) is 10.2. The van der Waals surface area contributed by atoms with E-state index in [9.17, 15) is 4.79 Å². The molecular formula is C20H32IN5O. The zero-order valence-electron chi connectivity index (χ0n) is 16.6. The van der Waals surface area contributed by atoms with Gasteiger partial charge in [-0.25, -0.2) is 4.99 Å². The second-order valence-electron chi connectivity index (χ2n) is 6.89. The molecule has 1 saturated heterocycles. The lowest BCUT2D eigenvalue weighted by Gasteiger charge is -2.35. The Bertz CT molecular complexity index is 630. The summed E-state index contributed by atoms with van der Waals surface area (Å²) >= 11 is 0. The molecular weight excluding hydrogens is 453 g/mol. The highest BCUT2D eigenvalue weighted by Crippen LogP contribution is 2.20. The lowest BCUT2D eigenvalue weighted by Crippen LogP contribution is -2.51. The number of benzene rings is 1. The van der Waals surface area contributed by atoms with Gasteiger partial charge in [0.05, 0.1) is 0 Å². The van der Waals surface area contributed by atoms with Gasteiger partial charge in [0, 0.05) is 45.5 Å². The summed E-state index contributed by atoms with van der Waals surface area (Å²) in [6.07, 6.45) is 3.99. The second kappa shape index (κ2) is 11.8. The first-order valence-corrected chi connectivity index (χ1v) is 9.17. The maximum Gasteiger partial charge on any atom is 0.243 e. The van der Waals surface area contributed by atoms with E-state index in [4.69, 9.17) is 0 Å². The molecule has 1 aromatic carbocycles. The molecule has 1 amide bonds. The van der Waals surface area contributed by atoms with Crippen LogP contribution in [0.2, 0.25) is 0 Å². The number of carbonyl (C=O) groups is 1. The van der Waals surface area contributed by atoms with Crippen molar-refractivity contribution >= 4 is 41.5 Å². The van der Waals surface area contributed by atoms with E-state index >= 15 is 0 Å². The average Bonchev–Trinajstić information content (AvgIpc) is 2.64. The highest BCUT2D eigenvalue weighted by molar-refractivity contribution is 14.0. The fourth-order valence-corrected chi connectivity index (χ4v) is 2.89. The topological polar surface area (TPSA) is 60.0 Å². The maximum atomic E-state index is 11.8. The largest absolute Gasteiger partial charge is 0.369 e. The standard InChI is InChI=1S/C20H31N5O.HI/c1-5-12-21-20(22-14-19(26)24(3)4)23-17-7-6-13-25(15-17)18-10-8-16(2)9-11-18;/h5,8-11,17H,1,6-7,12-15H2,2-4H3,(H2,21,22,23);1H. The van der Waals surface area contributed by atoms with Gasteiger partial charge in [-0.15, -0.1) is 30.6 Å². The SMILES string of the molecule is C=CCNC(=NCC(=O)N(C)C)NC1CCCN(c2ccc(C)cc2)C1.I. The van der Waals surface area contributed by atoms with Crippen LogP contribution in [0.25, 0.3) is 0 Å². The number of likely N-dealkylation sites (N-methyl/N-ethyl adjacent to an activating group) is 1. The Morgan fingerprint density at radius 1 is 1.37 bits per heavy atom. The van der Waals surface area contributed by atoms with Crippen LogP contribution in [-0.4, -0.2) is 63.1 Å². The van der Waals surface area contributed by atoms with Crippen molar-refractivity contribution in [1.82, 2.24) is 15.5 Å². The van der Waals surface area contributed by atoms with Crippen LogP contribution >= 0.6 is 24.0 Å². The summed E-state index contributed by atoms with van der Waals surface area (Å²) in [6.45, 7) is 8.56. The molecule has 7 heteroatoms. The third-order valence-electron chi connectivity index (χ3n) is 4.45. The molecule has 150 valence electrons. The summed E-state index contributed by atoms with van der Waals surface area (Å²) in [4.78, 5) is 20.2. The molecule has 2 rings (SSSR count). The molecule has 27 heavy (non-hydrogen) atoms. The highest BCUT2D eigenvalue weighted by Gasteiger charge is 2.21. The molecule has 1 heterocycles. The van der Waals surface area contributed by atoms with E-state index in [0.29, 0.717) is 12.5 Å². The number of aliphatic imine (C=N–C) groups is 1. The lowest BCUT2D eigenvalue weighted by atomic mass is 10.0. The number of guanidine groups is 1. The molecule has 1 unspecified atom stereocenters. The van der Waals surface area contributed by atoms with Gasteiger partial charge in [0.15, 0.2) is 5.96 Å². The van der Waals surface area contributed by atoms with E-state index < -0.39 is 0 Å². The quantitative estimate of drug-likeness (QED) is 0.281. The van der Waals surface area contributed by atoms with E-state index in [1.165, 1.54) is 11.3 Å². The van der Waals surface area contributed by atoms with E-state index in [2.05, 4.69) is 58.3 Å². The summed E-state index contributed by atoms with van der Waals surface area (Å²) in [5, 5.41) is 6.68. The van der Waals surface area contributed by atoms with Gasteiger partial charge in [-0.05, 0) is 31.9 Å². The molecule has 0 spiro atoms. The number of rotatable bonds is 6. The van der Waals surface area contributed by atoms with Gasteiger partial charge in [0.1, 0.15) is 6.54 Å². The molecule has 2 N–H and O–H groups in total. The Morgan fingerprint density at radius 2 is 2.07 bits per heavy atom. The number of anilines is 1. The number of carbonyl (C=O) groups excluding carboxylic acids is 1. The maximum absolute atomic E-state index is 11.8. The van der Waals surface area contributed by atoms with Gasteiger partial charge in [-0.1, -0.05) is 23.8 Å². The van der Waals surface area contributed by atoms with E-state index in [0.717, 1.165) is 25.9 Å². The zero-order chi connectivity index (χ0) is 18.9. The first-order chi connectivity index (χ1) is 12.5. The van der Waals surface area contributed by atoms with E-state index in [1.54, 1.807) is 25.1 Å². The Balaban J connectivity index is 0.00000364. The number of hydrogen-bond donors (Lipinski definition) is 2. The van der Waals surface area contributed by atoms with Crippen LogP contribution in [0.4, 0.5) is 5.69 Å². The molecule has 1 fully saturated rings. The average molecular weight is 485 g/mol. The summed E-state index contributed by atoms with van der Waals surface area (Å²) in [7, 11) is 3.48. The van der Waals surface area contributed by atoms with Crippen LogP contribution in [0, 0.1) is 6.92 Å². The first-order valence-electron chi connectivity index (χ1n) is 9.17. The van der Waals surface area contributed by atoms with Crippen LogP contribution < -0.4 is 15.5 Å². The van der Waals surface area contributed by atoms with Gasteiger partial charge in [0.25, 0.3) is 0 Å². The van der Waals surface area contributed by atoms with Gasteiger partial charge < -0.3 is 20.4 Å². The van der Waals surface area contributed by atoms with Gasteiger partial charge in [-0.2, -0.15) is 0 Å². The minimum absolute atomic E-state index is 0. The molecule has 1 atom stereocenters. The number of hydrogen-bond acceptors (Lipinski definition) is 3. The van der Waals surface area contributed by atoms with Crippen molar-refractivity contribution in [3.05, 3.63) is 42.5 Å². The number of nitrogens with zero attached hydrogens (tertiary/aromatic N) is 3. The van der Waals surface area contributed by atoms with Gasteiger partial charge >= 0.3 is 0 Å². The highest BCUT2D eigenvalue weighted by atomic mass is 127. The minimum atomic E-state index is -0.0189. The van der Waals surface area contributed by atoms with Crippen LogP contribution in [0.15, 0.2) is 41.9 Å². The van der Waals surface area contributed by atoms with Crippen molar-refractivity contribution in [3.8, 4) is 0 Å². The monoisotopic (exact) mass is 485 g/mol. The van der Waals surface area contributed by atoms with Crippen LogP contribution in [0.5, 0.6) is 0 Å². The number of aryl methyl sites for hydroxylation is 1. The summed E-state index contributed by atoms with van der Waals surface area (Å²) in [6, 6.07) is 8.95. The van der Waals surface area contributed by atoms with Crippen molar-refractivity contribution in [3.63, 3.8) is 0 Å². The van der Waals surface area contributed by atoms with E-state index in [-0.39, 0.29) is 42.5 Å². The molecule has 0 bridgehead atoms.